The fourth-order valence-electron chi connectivity index (χ4n) is 2.74. The molecule has 2 atom stereocenters. The molecule has 2 aliphatic heterocycles. The summed E-state index contributed by atoms with van der Waals surface area (Å²) in [6, 6.07) is 4.39. The predicted octanol–water partition coefficient (Wildman–Crippen LogP) is 2.16. The highest BCUT2D eigenvalue weighted by molar-refractivity contribution is 9.11. The zero-order valence-electron chi connectivity index (χ0n) is 8.58. The van der Waals surface area contributed by atoms with Gasteiger partial charge in [-0.05, 0) is 53.0 Å². The van der Waals surface area contributed by atoms with Crippen molar-refractivity contribution in [1.29, 1.82) is 0 Å². The Morgan fingerprint density at radius 3 is 2.67 bits per heavy atom. The Morgan fingerprint density at radius 2 is 2.07 bits per heavy atom. The van der Waals surface area contributed by atoms with Gasteiger partial charge in [-0.3, -0.25) is 4.90 Å². The highest BCUT2D eigenvalue weighted by Crippen LogP contribution is 2.29. The zero-order valence-corrected chi connectivity index (χ0v) is 11.0. The van der Waals surface area contributed by atoms with Gasteiger partial charge in [-0.1, -0.05) is 0 Å². The van der Waals surface area contributed by atoms with Crippen molar-refractivity contribution in [3.8, 4) is 0 Å². The second kappa shape index (κ2) is 4.17. The first-order valence-corrected chi connectivity index (χ1v) is 7.09. The lowest BCUT2D eigenvalue weighted by Crippen LogP contribution is -2.24. The Morgan fingerprint density at radius 1 is 1.33 bits per heavy atom. The van der Waals surface area contributed by atoms with Crippen LogP contribution in [0.15, 0.2) is 15.9 Å². The Balaban J connectivity index is 1.61. The number of fused-ring (bicyclic) bond motifs is 1. The van der Waals surface area contributed by atoms with Crippen LogP contribution in [0, 0.1) is 11.8 Å². The minimum absolute atomic E-state index is 0.911. The van der Waals surface area contributed by atoms with Gasteiger partial charge in [0.2, 0.25) is 0 Å². The third-order valence-corrected chi connectivity index (χ3v) is 5.08. The summed E-state index contributed by atoms with van der Waals surface area (Å²) in [4.78, 5) is 4.09. The number of likely N-dealkylation sites (tertiary alicyclic amines) is 1. The summed E-state index contributed by atoms with van der Waals surface area (Å²) in [5.41, 5.74) is 0. The Kier molecular flexibility index (Phi) is 2.85. The molecule has 0 bridgehead atoms. The molecule has 0 saturated carbocycles. The van der Waals surface area contributed by atoms with Crippen LogP contribution < -0.4 is 5.32 Å². The first kappa shape index (κ1) is 10.3. The third kappa shape index (κ3) is 2.13. The Hall–Kier alpha value is 0.1000. The number of thiophene rings is 1. The molecule has 0 amide bonds. The van der Waals surface area contributed by atoms with E-state index in [0.717, 1.165) is 18.4 Å². The third-order valence-electron chi connectivity index (χ3n) is 3.47. The molecule has 15 heavy (non-hydrogen) atoms. The average Bonchev–Trinajstić information content (AvgIpc) is 2.81. The topological polar surface area (TPSA) is 15.3 Å². The highest BCUT2D eigenvalue weighted by Gasteiger charge is 2.35. The lowest BCUT2D eigenvalue weighted by molar-refractivity contribution is 0.308. The molecule has 3 rings (SSSR count). The first-order chi connectivity index (χ1) is 7.31. The van der Waals surface area contributed by atoms with Crippen molar-refractivity contribution in [2.24, 2.45) is 11.8 Å². The van der Waals surface area contributed by atoms with Crippen LogP contribution in [0.5, 0.6) is 0 Å². The smallest absolute Gasteiger partial charge is 0.0701 e. The standard InChI is InChI=1S/C11H15BrN2S/c12-11-2-1-10(15-11)7-14-5-8-3-13-4-9(8)6-14/h1-2,8-9,13H,3-7H2/t8-,9+. The average molecular weight is 287 g/mol. The summed E-state index contributed by atoms with van der Waals surface area (Å²) in [5.74, 6) is 1.82. The maximum atomic E-state index is 3.52. The van der Waals surface area contributed by atoms with Crippen LogP contribution in [0.4, 0.5) is 0 Å². The molecule has 0 aromatic carbocycles. The fraction of sp³-hybridized carbons (Fsp3) is 0.636. The van der Waals surface area contributed by atoms with Crippen LogP contribution in [0.3, 0.4) is 0 Å². The van der Waals surface area contributed by atoms with E-state index in [9.17, 15) is 0 Å². The van der Waals surface area contributed by atoms with Crippen LogP contribution in [-0.4, -0.2) is 31.1 Å². The monoisotopic (exact) mass is 286 g/mol. The van der Waals surface area contributed by atoms with E-state index in [0.29, 0.717) is 0 Å². The molecule has 2 nitrogen and oxygen atoms in total. The molecule has 2 aliphatic rings. The SMILES string of the molecule is Brc1ccc(CN2C[C@H]3CNC[C@H]3C2)s1. The Labute approximate surface area is 103 Å². The fourth-order valence-corrected chi connectivity index (χ4v) is 4.26. The van der Waals surface area contributed by atoms with Crippen molar-refractivity contribution >= 4 is 27.3 Å². The zero-order chi connectivity index (χ0) is 10.3. The minimum atomic E-state index is 0.911. The van der Waals surface area contributed by atoms with Crippen molar-refractivity contribution in [3.63, 3.8) is 0 Å². The van der Waals surface area contributed by atoms with Crippen molar-refractivity contribution in [3.05, 3.63) is 20.8 Å². The summed E-state index contributed by atoms with van der Waals surface area (Å²) in [6.07, 6.45) is 0. The second-order valence-corrected chi connectivity index (χ2v) is 7.13. The summed E-state index contributed by atoms with van der Waals surface area (Å²) in [7, 11) is 0. The van der Waals surface area contributed by atoms with Gasteiger partial charge in [0.15, 0.2) is 0 Å². The summed E-state index contributed by atoms with van der Waals surface area (Å²) < 4.78 is 1.25. The van der Waals surface area contributed by atoms with E-state index in [1.807, 2.05) is 11.3 Å². The van der Waals surface area contributed by atoms with E-state index in [1.54, 1.807) is 0 Å². The van der Waals surface area contributed by atoms with Gasteiger partial charge in [-0.15, -0.1) is 11.3 Å². The van der Waals surface area contributed by atoms with Gasteiger partial charge in [0.25, 0.3) is 0 Å². The highest BCUT2D eigenvalue weighted by atomic mass is 79.9. The number of hydrogen-bond acceptors (Lipinski definition) is 3. The largest absolute Gasteiger partial charge is 0.316 e. The maximum Gasteiger partial charge on any atom is 0.0701 e. The summed E-state index contributed by atoms with van der Waals surface area (Å²) >= 11 is 5.38. The van der Waals surface area contributed by atoms with E-state index < -0.39 is 0 Å². The van der Waals surface area contributed by atoms with Crippen LogP contribution in [0.1, 0.15) is 4.88 Å². The molecule has 4 heteroatoms. The molecular weight excluding hydrogens is 272 g/mol. The lowest BCUT2D eigenvalue weighted by Gasteiger charge is -2.15. The second-order valence-electron chi connectivity index (χ2n) is 4.58. The number of nitrogens with one attached hydrogen (secondary N) is 1. The van der Waals surface area contributed by atoms with E-state index in [1.165, 1.54) is 34.8 Å². The van der Waals surface area contributed by atoms with E-state index in [2.05, 4.69) is 38.3 Å². The van der Waals surface area contributed by atoms with Gasteiger partial charge in [-0.2, -0.15) is 0 Å². The quantitative estimate of drug-likeness (QED) is 0.896. The minimum Gasteiger partial charge on any atom is -0.316 e. The van der Waals surface area contributed by atoms with E-state index >= 15 is 0 Å². The van der Waals surface area contributed by atoms with Crippen molar-refractivity contribution < 1.29 is 0 Å². The molecule has 1 aromatic rings. The van der Waals surface area contributed by atoms with Gasteiger partial charge in [-0.25, -0.2) is 0 Å². The molecule has 1 aromatic heterocycles. The van der Waals surface area contributed by atoms with Gasteiger partial charge in [0.05, 0.1) is 3.79 Å². The summed E-state index contributed by atoms with van der Waals surface area (Å²) in [5, 5.41) is 3.48. The van der Waals surface area contributed by atoms with E-state index in [-0.39, 0.29) is 0 Å². The summed E-state index contributed by atoms with van der Waals surface area (Å²) in [6.45, 7) is 6.17. The van der Waals surface area contributed by atoms with Crippen molar-refractivity contribution in [2.45, 2.75) is 6.54 Å². The van der Waals surface area contributed by atoms with Crippen molar-refractivity contribution in [2.75, 3.05) is 26.2 Å². The lowest BCUT2D eigenvalue weighted by atomic mass is 10.0. The van der Waals surface area contributed by atoms with Crippen LogP contribution in [0.25, 0.3) is 0 Å². The number of hydrogen-bond donors (Lipinski definition) is 1. The molecular formula is C11H15BrN2S. The molecule has 3 heterocycles. The van der Waals surface area contributed by atoms with Crippen LogP contribution in [0.2, 0.25) is 0 Å². The number of nitrogens with zero attached hydrogens (tertiary/aromatic N) is 1. The van der Waals surface area contributed by atoms with E-state index in [4.69, 9.17) is 0 Å². The Bertz CT molecular complexity index is 340. The molecule has 82 valence electrons. The molecule has 0 unspecified atom stereocenters. The molecule has 2 fully saturated rings. The molecule has 0 radical (unpaired) electrons. The predicted molar refractivity (Wildman–Crippen MR) is 67.1 cm³/mol. The first-order valence-electron chi connectivity index (χ1n) is 5.48. The molecule has 0 spiro atoms. The number of halogens is 1. The van der Waals surface area contributed by atoms with Gasteiger partial charge >= 0.3 is 0 Å². The molecule has 0 aliphatic carbocycles. The van der Waals surface area contributed by atoms with Crippen molar-refractivity contribution in [1.82, 2.24) is 10.2 Å². The molecule has 2 saturated heterocycles. The van der Waals surface area contributed by atoms with Crippen LogP contribution in [-0.2, 0) is 6.54 Å². The normalized spacial score (nSPS) is 31.0. The maximum absolute atomic E-state index is 3.52. The van der Waals surface area contributed by atoms with Gasteiger partial charge in [0, 0.05) is 24.5 Å². The van der Waals surface area contributed by atoms with Crippen LogP contribution >= 0.6 is 27.3 Å². The van der Waals surface area contributed by atoms with Gasteiger partial charge in [0.1, 0.15) is 0 Å². The number of rotatable bonds is 2. The molecule has 1 N–H and O–H groups in total. The van der Waals surface area contributed by atoms with Gasteiger partial charge < -0.3 is 5.32 Å².